The minimum Gasteiger partial charge on any atom is -0.356 e. The summed E-state index contributed by atoms with van der Waals surface area (Å²) in [4.78, 5) is 20.5. The smallest absolute Gasteiger partial charge is 0.237 e. The molecule has 0 radical (unpaired) electrons. The average molecular weight is 347 g/mol. The summed E-state index contributed by atoms with van der Waals surface area (Å²) in [6.07, 6.45) is 0.915. The highest BCUT2D eigenvalue weighted by molar-refractivity contribution is 5.86. The van der Waals surface area contributed by atoms with Crippen molar-refractivity contribution in [2.45, 2.75) is 25.9 Å². The summed E-state index contributed by atoms with van der Waals surface area (Å²) in [6.45, 7) is 4.14. The lowest BCUT2D eigenvalue weighted by atomic mass is 9.98. The third kappa shape index (κ3) is 3.13. The van der Waals surface area contributed by atoms with Crippen LogP contribution in [0.4, 0.5) is 0 Å². The van der Waals surface area contributed by atoms with Crippen molar-refractivity contribution in [1.82, 2.24) is 14.8 Å². The molecule has 3 aromatic rings. The number of nitrogens with one attached hydrogen (secondary N) is 1. The lowest BCUT2D eigenvalue weighted by molar-refractivity contribution is -0.134. The molecule has 1 atom stereocenters. The van der Waals surface area contributed by atoms with Gasteiger partial charge < -0.3 is 9.88 Å². The van der Waals surface area contributed by atoms with E-state index in [0.29, 0.717) is 6.54 Å². The van der Waals surface area contributed by atoms with Crippen molar-refractivity contribution < 1.29 is 4.79 Å². The van der Waals surface area contributed by atoms with Crippen LogP contribution in [0.2, 0.25) is 0 Å². The molecule has 0 aliphatic carbocycles. The van der Waals surface area contributed by atoms with E-state index in [0.717, 1.165) is 19.5 Å². The second kappa shape index (κ2) is 6.96. The molecule has 0 spiro atoms. The van der Waals surface area contributed by atoms with Crippen molar-refractivity contribution in [3.8, 4) is 0 Å². The van der Waals surface area contributed by atoms with Crippen molar-refractivity contribution in [3.05, 3.63) is 71.4 Å². The van der Waals surface area contributed by atoms with Gasteiger partial charge in [-0.2, -0.15) is 0 Å². The fourth-order valence-electron chi connectivity index (χ4n) is 4.04. The number of aromatic amines is 1. The first-order valence-electron chi connectivity index (χ1n) is 9.25. The van der Waals surface area contributed by atoms with Crippen molar-refractivity contribution in [1.29, 1.82) is 0 Å². The highest BCUT2D eigenvalue weighted by atomic mass is 16.2. The first-order valence-corrected chi connectivity index (χ1v) is 9.25. The number of fused-ring (bicyclic) bond motifs is 3. The Balaban J connectivity index is 1.47. The molecule has 4 heteroatoms. The average Bonchev–Trinajstić information content (AvgIpc) is 3.02. The Kier molecular flexibility index (Phi) is 4.51. The van der Waals surface area contributed by atoms with E-state index in [1.165, 1.54) is 27.7 Å². The number of hydrogen-bond donors (Lipinski definition) is 1. The van der Waals surface area contributed by atoms with Gasteiger partial charge in [0.05, 0.1) is 12.6 Å². The second-order valence-electron chi connectivity index (χ2n) is 7.23. The van der Waals surface area contributed by atoms with Gasteiger partial charge in [0.1, 0.15) is 0 Å². The zero-order chi connectivity index (χ0) is 18.1. The number of amides is 1. The van der Waals surface area contributed by atoms with E-state index in [2.05, 4.69) is 53.2 Å². The summed E-state index contributed by atoms with van der Waals surface area (Å²) in [5, 5.41) is 1.29. The Morgan fingerprint density at radius 1 is 1.15 bits per heavy atom. The fourth-order valence-corrected chi connectivity index (χ4v) is 4.04. The Morgan fingerprint density at radius 2 is 1.88 bits per heavy atom. The predicted octanol–water partition coefficient (Wildman–Crippen LogP) is 3.75. The van der Waals surface area contributed by atoms with Gasteiger partial charge in [0.2, 0.25) is 5.91 Å². The third-order valence-electron chi connectivity index (χ3n) is 5.36. The van der Waals surface area contributed by atoms with Gasteiger partial charge in [-0.15, -0.1) is 0 Å². The number of benzene rings is 2. The quantitative estimate of drug-likeness (QED) is 0.781. The minimum absolute atomic E-state index is 0.0868. The number of hydrogen-bond acceptors (Lipinski definition) is 2. The number of para-hydroxylation sites is 1. The molecule has 26 heavy (non-hydrogen) atoms. The SMILES string of the molecule is C[C@H]1c2[nH]c3ccccc3c2CCN1C(=O)CN(C)Cc1ccccc1. The summed E-state index contributed by atoms with van der Waals surface area (Å²) < 4.78 is 0. The molecule has 2 aromatic carbocycles. The van der Waals surface area contributed by atoms with E-state index in [4.69, 9.17) is 0 Å². The van der Waals surface area contributed by atoms with Crippen LogP contribution < -0.4 is 0 Å². The van der Waals surface area contributed by atoms with Gasteiger partial charge >= 0.3 is 0 Å². The van der Waals surface area contributed by atoms with Crippen molar-refractivity contribution >= 4 is 16.8 Å². The molecule has 0 saturated heterocycles. The van der Waals surface area contributed by atoms with Gasteiger partial charge in [-0.1, -0.05) is 48.5 Å². The van der Waals surface area contributed by atoms with Crippen LogP contribution in [0.25, 0.3) is 10.9 Å². The predicted molar refractivity (Wildman–Crippen MR) is 105 cm³/mol. The number of H-pyrrole nitrogens is 1. The van der Waals surface area contributed by atoms with Crippen molar-refractivity contribution in [2.75, 3.05) is 20.1 Å². The second-order valence-corrected chi connectivity index (χ2v) is 7.23. The number of aromatic nitrogens is 1. The number of nitrogens with zero attached hydrogens (tertiary/aromatic N) is 2. The van der Waals surface area contributed by atoms with Gasteiger partial charge in [-0.3, -0.25) is 9.69 Å². The molecule has 0 saturated carbocycles. The monoisotopic (exact) mass is 347 g/mol. The minimum atomic E-state index is 0.0868. The molecular formula is C22H25N3O. The number of carbonyl (C=O) groups is 1. The van der Waals surface area contributed by atoms with E-state index in [9.17, 15) is 4.79 Å². The van der Waals surface area contributed by atoms with E-state index >= 15 is 0 Å². The molecule has 4 nitrogen and oxygen atoms in total. The Bertz CT molecular complexity index is 916. The summed E-state index contributed by atoms with van der Waals surface area (Å²) >= 11 is 0. The molecule has 0 bridgehead atoms. The molecule has 1 aliphatic rings. The largest absolute Gasteiger partial charge is 0.356 e. The van der Waals surface area contributed by atoms with Crippen LogP contribution in [0.1, 0.15) is 29.8 Å². The lowest BCUT2D eigenvalue weighted by Gasteiger charge is -2.34. The number of carbonyl (C=O) groups excluding carboxylic acids is 1. The van der Waals surface area contributed by atoms with Crippen LogP contribution >= 0.6 is 0 Å². The standard InChI is InChI=1S/C22H25N3O/c1-16-22-19(18-10-6-7-11-20(18)23-22)12-13-25(16)21(26)15-24(2)14-17-8-4-3-5-9-17/h3-11,16,23H,12-15H2,1-2H3/t16-/m0/s1. The van der Waals surface area contributed by atoms with Crippen LogP contribution in [0.5, 0.6) is 0 Å². The van der Waals surface area contributed by atoms with Crippen LogP contribution in [-0.2, 0) is 17.8 Å². The zero-order valence-corrected chi connectivity index (χ0v) is 15.4. The molecule has 1 amide bonds. The van der Waals surface area contributed by atoms with Crippen LogP contribution in [0.15, 0.2) is 54.6 Å². The van der Waals surface area contributed by atoms with Gasteiger partial charge in [-0.05, 0) is 37.6 Å². The molecule has 0 fully saturated rings. The van der Waals surface area contributed by atoms with Crippen LogP contribution in [0, 0.1) is 0 Å². The Morgan fingerprint density at radius 3 is 2.69 bits per heavy atom. The summed E-state index contributed by atoms with van der Waals surface area (Å²) in [5.41, 5.74) is 4.96. The fraction of sp³-hybridized carbons (Fsp3) is 0.318. The molecule has 1 N–H and O–H groups in total. The topological polar surface area (TPSA) is 39.3 Å². The van der Waals surface area contributed by atoms with Crippen molar-refractivity contribution in [2.24, 2.45) is 0 Å². The number of likely N-dealkylation sites (N-methyl/N-ethyl adjacent to an activating group) is 1. The molecule has 0 unspecified atom stereocenters. The highest BCUT2D eigenvalue weighted by Gasteiger charge is 2.30. The Hall–Kier alpha value is -2.59. The lowest BCUT2D eigenvalue weighted by Crippen LogP contribution is -2.43. The van der Waals surface area contributed by atoms with Gasteiger partial charge in [-0.25, -0.2) is 0 Å². The van der Waals surface area contributed by atoms with Gasteiger partial charge in [0.15, 0.2) is 0 Å². The number of rotatable bonds is 4. The summed E-state index contributed by atoms with van der Waals surface area (Å²) in [6, 6.07) is 18.8. The maximum absolute atomic E-state index is 12.9. The first-order chi connectivity index (χ1) is 12.6. The van der Waals surface area contributed by atoms with Crippen LogP contribution in [-0.4, -0.2) is 40.8 Å². The molecule has 2 heterocycles. The highest BCUT2D eigenvalue weighted by Crippen LogP contribution is 2.34. The summed E-state index contributed by atoms with van der Waals surface area (Å²) in [5.74, 6) is 0.195. The third-order valence-corrected chi connectivity index (χ3v) is 5.36. The summed E-state index contributed by atoms with van der Waals surface area (Å²) in [7, 11) is 2.01. The van der Waals surface area contributed by atoms with E-state index in [1.54, 1.807) is 0 Å². The van der Waals surface area contributed by atoms with Gasteiger partial charge in [0, 0.05) is 29.7 Å². The molecule has 134 valence electrons. The van der Waals surface area contributed by atoms with Crippen molar-refractivity contribution in [3.63, 3.8) is 0 Å². The Labute approximate surface area is 154 Å². The molecular weight excluding hydrogens is 322 g/mol. The van der Waals surface area contributed by atoms with Gasteiger partial charge in [0.25, 0.3) is 0 Å². The maximum atomic E-state index is 12.9. The molecule has 4 rings (SSSR count). The van der Waals surface area contributed by atoms with E-state index in [1.807, 2.05) is 30.1 Å². The van der Waals surface area contributed by atoms with E-state index < -0.39 is 0 Å². The zero-order valence-electron chi connectivity index (χ0n) is 15.4. The van der Waals surface area contributed by atoms with E-state index in [-0.39, 0.29) is 11.9 Å². The normalized spacial score (nSPS) is 16.9. The first kappa shape index (κ1) is 16.9. The van der Waals surface area contributed by atoms with Crippen LogP contribution in [0.3, 0.4) is 0 Å². The molecule has 1 aliphatic heterocycles. The molecule has 1 aromatic heterocycles. The maximum Gasteiger partial charge on any atom is 0.237 e.